The summed E-state index contributed by atoms with van der Waals surface area (Å²) in [5.74, 6) is 0.815. The molecule has 0 aliphatic heterocycles. The van der Waals surface area contributed by atoms with Gasteiger partial charge in [-0.3, -0.25) is 0 Å². The van der Waals surface area contributed by atoms with Gasteiger partial charge in [0.2, 0.25) is 0 Å². The molecule has 1 unspecified atom stereocenters. The quantitative estimate of drug-likeness (QED) is 0.882. The zero-order valence-electron chi connectivity index (χ0n) is 11.0. The van der Waals surface area contributed by atoms with Crippen LogP contribution in [-0.4, -0.2) is 9.61 Å². The Kier molecular flexibility index (Phi) is 3.20. The number of pyridine rings is 1. The summed E-state index contributed by atoms with van der Waals surface area (Å²) < 4.78 is 1.94. The summed E-state index contributed by atoms with van der Waals surface area (Å²) in [6.07, 6.45) is 1.98. The number of nitrogens with two attached hydrogens (primary N) is 1. The van der Waals surface area contributed by atoms with Gasteiger partial charge in [-0.2, -0.15) is 5.10 Å². The van der Waals surface area contributed by atoms with Gasteiger partial charge in [-0.1, -0.05) is 33.8 Å². The van der Waals surface area contributed by atoms with Gasteiger partial charge in [-0.05, 0) is 24.0 Å². The van der Waals surface area contributed by atoms with E-state index < -0.39 is 0 Å². The fourth-order valence-electron chi connectivity index (χ4n) is 2.14. The number of rotatable bonds is 3. The van der Waals surface area contributed by atoms with Crippen molar-refractivity contribution >= 4 is 5.52 Å². The van der Waals surface area contributed by atoms with Gasteiger partial charge in [0, 0.05) is 17.8 Å². The third-order valence-electron chi connectivity index (χ3n) is 3.21. The Morgan fingerprint density at radius 2 is 1.88 bits per heavy atom. The highest BCUT2D eigenvalue weighted by molar-refractivity contribution is 5.58. The lowest BCUT2D eigenvalue weighted by Gasteiger charge is -2.17. The first-order chi connectivity index (χ1) is 8.02. The van der Waals surface area contributed by atoms with Crippen molar-refractivity contribution in [2.45, 2.75) is 39.7 Å². The summed E-state index contributed by atoms with van der Waals surface area (Å²) in [4.78, 5) is 0. The van der Waals surface area contributed by atoms with Crippen molar-refractivity contribution in [3.8, 4) is 0 Å². The summed E-state index contributed by atoms with van der Waals surface area (Å²) in [5, 5.41) is 4.65. The number of aromatic nitrogens is 2. The van der Waals surface area contributed by atoms with Crippen LogP contribution >= 0.6 is 0 Å². The molecule has 0 amide bonds. The molecule has 2 heterocycles. The molecule has 3 heteroatoms. The number of hydrogen-bond acceptors (Lipinski definition) is 2. The average Bonchev–Trinajstić information content (AvgIpc) is 2.67. The lowest BCUT2D eigenvalue weighted by atomic mass is 9.92. The van der Waals surface area contributed by atoms with Crippen LogP contribution in [0.25, 0.3) is 5.52 Å². The van der Waals surface area contributed by atoms with Crippen LogP contribution in [0.4, 0.5) is 0 Å². The Morgan fingerprint density at radius 1 is 1.18 bits per heavy atom. The maximum Gasteiger partial charge on any atom is 0.0712 e. The fourth-order valence-corrected chi connectivity index (χ4v) is 2.14. The van der Waals surface area contributed by atoms with Crippen LogP contribution in [0.15, 0.2) is 24.4 Å². The fraction of sp³-hybridized carbons (Fsp3) is 0.500. The molecule has 92 valence electrons. The first-order valence-corrected chi connectivity index (χ1v) is 6.25. The minimum absolute atomic E-state index is 0.0484. The molecule has 0 saturated heterocycles. The normalized spacial score (nSPS) is 13.8. The molecule has 0 aliphatic carbocycles. The lowest BCUT2D eigenvalue weighted by Crippen LogP contribution is -2.18. The molecule has 17 heavy (non-hydrogen) atoms. The van der Waals surface area contributed by atoms with E-state index in [1.54, 1.807) is 0 Å². The number of hydrogen-bond donors (Lipinski definition) is 1. The summed E-state index contributed by atoms with van der Waals surface area (Å²) in [6, 6.07) is 6.18. The predicted octanol–water partition coefficient (Wildman–Crippen LogP) is 3.11. The monoisotopic (exact) mass is 231 g/mol. The van der Waals surface area contributed by atoms with Gasteiger partial charge in [0.25, 0.3) is 0 Å². The molecule has 0 aromatic carbocycles. The highest BCUT2D eigenvalue weighted by Gasteiger charge is 2.22. The second-order valence-corrected chi connectivity index (χ2v) is 5.25. The molecule has 0 saturated carbocycles. The van der Waals surface area contributed by atoms with Gasteiger partial charge in [0.15, 0.2) is 0 Å². The van der Waals surface area contributed by atoms with E-state index in [0.29, 0.717) is 11.8 Å². The van der Waals surface area contributed by atoms with E-state index in [2.05, 4.69) is 38.9 Å². The van der Waals surface area contributed by atoms with Crippen molar-refractivity contribution in [3.63, 3.8) is 0 Å². The van der Waals surface area contributed by atoms with Gasteiger partial charge in [-0.15, -0.1) is 0 Å². The molecule has 2 aromatic heterocycles. The Hall–Kier alpha value is -1.35. The summed E-state index contributed by atoms with van der Waals surface area (Å²) in [7, 11) is 0. The molecular formula is C14H21N3. The van der Waals surface area contributed by atoms with E-state index in [-0.39, 0.29) is 6.04 Å². The standard InChI is InChI=1S/C14H21N3/c1-9(2)13(15)12-11-7-5-6-8-17(11)16-14(12)10(3)4/h5-10,13H,15H2,1-4H3. The summed E-state index contributed by atoms with van der Waals surface area (Å²) in [5.41, 5.74) is 9.80. The molecule has 0 aliphatic rings. The molecule has 0 fully saturated rings. The van der Waals surface area contributed by atoms with Crippen molar-refractivity contribution in [3.05, 3.63) is 35.7 Å². The van der Waals surface area contributed by atoms with Crippen LogP contribution in [0.1, 0.15) is 50.9 Å². The lowest BCUT2D eigenvalue weighted by molar-refractivity contribution is 0.511. The molecule has 2 aromatic rings. The van der Waals surface area contributed by atoms with Crippen molar-refractivity contribution in [1.82, 2.24) is 9.61 Å². The van der Waals surface area contributed by atoms with Crippen molar-refractivity contribution in [1.29, 1.82) is 0 Å². The van der Waals surface area contributed by atoms with Crippen LogP contribution in [0, 0.1) is 5.92 Å². The van der Waals surface area contributed by atoms with E-state index in [1.807, 2.05) is 22.8 Å². The Labute approximate surface area is 103 Å². The Bertz CT molecular complexity index is 511. The molecule has 0 bridgehead atoms. The van der Waals surface area contributed by atoms with Crippen LogP contribution in [0.3, 0.4) is 0 Å². The zero-order chi connectivity index (χ0) is 12.6. The first-order valence-electron chi connectivity index (χ1n) is 6.25. The molecule has 2 rings (SSSR count). The summed E-state index contributed by atoms with van der Waals surface area (Å²) >= 11 is 0. The minimum atomic E-state index is 0.0484. The van der Waals surface area contributed by atoms with Gasteiger partial charge < -0.3 is 5.73 Å². The molecule has 2 N–H and O–H groups in total. The van der Waals surface area contributed by atoms with Gasteiger partial charge >= 0.3 is 0 Å². The average molecular weight is 231 g/mol. The Morgan fingerprint density at radius 3 is 2.47 bits per heavy atom. The summed E-state index contributed by atoms with van der Waals surface area (Å²) in [6.45, 7) is 8.64. The Balaban J connectivity index is 2.68. The van der Waals surface area contributed by atoms with E-state index in [4.69, 9.17) is 5.73 Å². The maximum absolute atomic E-state index is 6.33. The second kappa shape index (κ2) is 4.49. The third-order valence-corrected chi connectivity index (χ3v) is 3.21. The number of fused-ring (bicyclic) bond motifs is 1. The van der Waals surface area contributed by atoms with Crippen LogP contribution < -0.4 is 5.73 Å². The molecular weight excluding hydrogens is 210 g/mol. The van der Waals surface area contributed by atoms with Crippen LogP contribution in [0.5, 0.6) is 0 Å². The van der Waals surface area contributed by atoms with Gasteiger partial charge in [0.1, 0.15) is 0 Å². The predicted molar refractivity (Wildman–Crippen MR) is 71.0 cm³/mol. The van der Waals surface area contributed by atoms with E-state index in [1.165, 1.54) is 5.56 Å². The van der Waals surface area contributed by atoms with Gasteiger partial charge in [-0.25, -0.2) is 4.52 Å². The number of nitrogens with zero attached hydrogens (tertiary/aromatic N) is 2. The van der Waals surface area contributed by atoms with E-state index in [0.717, 1.165) is 11.2 Å². The van der Waals surface area contributed by atoms with Gasteiger partial charge in [0.05, 0.1) is 11.2 Å². The molecule has 0 radical (unpaired) electrons. The van der Waals surface area contributed by atoms with Crippen molar-refractivity contribution in [2.75, 3.05) is 0 Å². The second-order valence-electron chi connectivity index (χ2n) is 5.25. The molecule has 0 spiro atoms. The van der Waals surface area contributed by atoms with Crippen LogP contribution in [-0.2, 0) is 0 Å². The van der Waals surface area contributed by atoms with E-state index in [9.17, 15) is 0 Å². The zero-order valence-corrected chi connectivity index (χ0v) is 11.0. The largest absolute Gasteiger partial charge is 0.324 e. The molecule has 3 nitrogen and oxygen atoms in total. The van der Waals surface area contributed by atoms with E-state index >= 15 is 0 Å². The highest BCUT2D eigenvalue weighted by Crippen LogP contribution is 2.30. The maximum atomic E-state index is 6.33. The van der Waals surface area contributed by atoms with Crippen molar-refractivity contribution in [2.24, 2.45) is 11.7 Å². The van der Waals surface area contributed by atoms with Crippen LogP contribution in [0.2, 0.25) is 0 Å². The molecule has 1 atom stereocenters. The SMILES string of the molecule is CC(C)c1nn2ccccc2c1C(N)C(C)C. The minimum Gasteiger partial charge on any atom is -0.324 e. The highest BCUT2D eigenvalue weighted by atomic mass is 15.2. The smallest absolute Gasteiger partial charge is 0.0712 e. The van der Waals surface area contributed by atoms with Crippen molar-refractivity contribution < 1.29 is 0 Å². The first kappa shape index (κ1) is 12.1. The third kappa shape index (κ3) is 2.07. The topological polar surface area (TPSA) is 43.3 Å².